The van der Waals surface area contributed by atoms with E-state index in [2.05, 4.69) is 74.9 Å². The van der Waals surface area contributed by atoms with Crippen molar-refractivity contribution in [2.24, 2.45) is 0 Å². The highest BCUT2D eigenvalue weighted by Crippen LogP contribution is 2.34. The predicted molar refractivity (Wildman–Crippen MR) is 121 cm³/mol. The van der Waals surface area contributed by atoms with Gasteiger partial charge in [0.2, 0.25) is 5.95 Å². The summed E-state index contributed by atoms with van der Waals surface area (Å²) in [5.74, 6) is 2.09. The quantitative estimate of drug-likeness (QED) is 0.415. The molecular formula is C22H28BrN5O2. The summed E-state index contributed by atoms with van der Waals surface area (Å²) in [6.45, 7) is 8.58. The molecule has 0 fully saturated rings. The number of halogens is 1. The third-order valence-corrected chi connectivity index (χ3v) is 5.36. The van der Waals surface area contributed by atoms with Crippen LogP contribution >= 0.6 is 15.9 Å². The number of hydrogen-bond acceptors (Lipinski definition) is 6. The molecule has 0 saturated carbocycles. The maximum atomic E-state index is 6.05. The van der Waals surface area contributed by atoms with Crippen molar-refractivity contribution in [3.8, 4) is 11.5 Å². The van der Waals surface area contributed by atoms with E-state index in [1.807, 2.05) is 19.1 Å². The Kier molecular flexibility index (Phi) is 8.07. The minimum atomic E-state index is 0.483. The normalized spacial score (nSPS) is 10.8. The Morgan fingerprint density at radius 3 is 2.57 bits per heavy atom. The number of benzene rings is 2. The standard InChI is InChI=1S/C22H28BrN5O2/c1-4-6-11-28-22(25-26-27-28)24-14-18-12-20(29-5-2)21(13-19(18)23)30-15-17-9-7-16(3)8-10-17/h7-10,12-13H,4-6,11,14-15H2,1-3H3,(H,24,25,27). The van der Waals surface area contributed by atoms with E-state index in [9.17, 15) is 0 Å². The summed E-state index contributed by atoms with van der Waals surface area (Å²) in [5, 5.41) is 15.2. The smallest absolute Gasteiger partial charge is 0.243 e. The maximum absolute atomic E-state index is 6.05. The zero-order chi connectivity index (χ0) is 21.3. The molecule has 8 heteroatoms. The largest absolute Gasteiger partial charge is 0.490 e. The molecule has 1 N–H and O–H groups in total. The molecule has 1 aromatic heterocycles. The van der Waals surface area contributed by atoms with Crippen LogP contribution < -0.4 is 14.8 Å². The van der Waals surface area contributed by atoms with Crippen molar-refractivity contribution in [1.82, 2.24) is 20.2 Å². The molecule has 7 nitrogen and oxygen atoms in total. The molecule has 0 spiro atoms. The van der Waals surface area contributed by atoms with Gasteiger partial charge in [-0.15, -0.1) is 0 Å². The van der Waals surface area contributed by atoms with Crippen molar-refractivity contribution in [3.63, 3.8) is 0 Å². The number of rotatable bonds is 11. The average molecular weight is 474 g/mol. The van der Waals surface area contributed by atoms with Crippen molar-refractivity contribution in [2.45, 2.75) is 53.3 Å². The first kappa shape index (κ1) is 22.1. The van der Waals surface area contributed by atoms with E-state index >= 15 is 0 Å². The highest BCUT2D eigenvalue weighted by molar-refractivity contribution is 9.10. The first-order valence-electron chi connectivity index (χ1n) is 10.2. The fourth-order valence-electron chi connectivity index (χ4n) is 2.90. The summed E-state index contributed by atoms with van der Waals surface area (Å²) < 4.78 is 14.6. The van der Waals surface area contributed by atoms with Crippen molar-refractivity contribution >= 4 is 21.9 Å². The molecule has 0 aliphatic heterocycles. The van der Waals surface area contributed by atoms with Gasteiger partial charge in [-0.05, 0) is 54.0 Å². The van der Waals surface area contributed by atoms with Gasteiger partial charge in [0.25, 0.3) is 0 Å². The van der Waals surface area contributed by atoms with Crippen LogP contribution in [0.4, 0.5) is 5.95 Å². The molecule has 0 unspecified atom stereocenters. The lowest BCUT2D eigenvalue weighted by molar-refractivity contribution is 0.269. The van der Waals surface area contributed by atoms with E-state index in [4.69, 9.17) is 9.47 Å². The van der Waals surface area contributed by atoms with E-state index < -0.39 is 0 Å². The van der Waals surface area contributed by atoms with Crippen LogP contribution in [0.25, 0.3) is 0 Å². The van der Waals surface area contributed by atoms with Crippen LogP contribution in [0.3, 0.4) is 0 Å². The van der Waals surface area contributed by atoms with Gasteiger partial charge >= 0.3 is 0 Å². The Hall–Kier alpha value is -2.61. The van der Waals surface area contributed by atoms with E-state index in [0.29, 0.717) is 31.5 Å². The SMILES string of the molecule is CCCCn1nnnc1NCc1cc(OCC)c(OCc2ccc(C)cc2)cc1Br. The summed E-state index contributed by atoms with van der Waals surface area (Å²) in [6, 6.07) is 12.3. The summed E-state index contributed by atoms with van der Waals surface area (Å²) in [4.78, 5) is 0. The summed E-state index contributed by atoms with van der Waals surface area (Å²) >= 11 is 3.66. The molecule has 0 aliphatic rings. The number of nitrogens with zero attached hydrogens (tertiary/aromatic N) is 4. The number of unbranched alkanes of at least 4 members (excludes halogenated alkanes) is 1. The lowest BCUT2D eigenvalue weighted by Gasteiger charge is -2.16. The topological polar surface area (TPSA) is 74.1 Å². The number of tetrazole rings is 1. The Morgan fingerprint density at radius 1 is 1.07 bits per heavy atom. The molecule has 2 aromatic carbocycles. The lowest BCUT2D eigenvalue weighted by atomic mass is 10.1. The fraction of sp³-hybridized carbons (Fsp3) is 0.409. The van der Waals surface area contributed by atoms with Gasteiger partial charge < -0.3 is 14.8 Å². The second-order valence-corrected chi connectivity index (χ2v) is 7.88. The minimum Gasteiger partial charge on any atom is -0.490 e. The van der Waals surface area contributed by atoms with Gasteiger partial charge in [-0.1, -0.05) is 64.2 Å². The minimum absolute atomic E-state index is 0.483. The summed E-state index contributed by atoms with van der Waals surface area (Å²) in [6.07, 6.45) is 2.12. The van der Waals surface area contributed by atoms with Crippen LogP contribution in [0.15, 0.2) is 40.9 Å². The third-order valence-electron chi connectivity index (χ3n) is 4.62. The Balaban J connectivity index is 1.70. The van der Waals surface area contributed by atoms with Gasteiger partial charge in [-0.25, -0.2) is 4.68 Å². The highest BCUT2D eigenvalue weighted by Gasteiger charge is 2.13. The van der Waals surface area contributed by atoms with Gasteiger partial charge in [0.1, 0.15) is 6.61 Å². The number of hydrogen-bond donors (Lipinski definition) is 1. The highest BCUT2D eigenvalue weighted by atomic mass is 79.9. The number of ether oxygens (including phenoxy) is 2. The van der Waals surface area contributed by atoms with Crippen LogP contribution in [0.2, 0.25) is 0 Å². The predicted octanol–water partition coefficient (Wildman–Crippen LogP) is 5.13. The van der Waals surface area contributed by atoms with E-state index in [1.54, 1.807) is 4.68 Å². The average Bonchev–Trinajstić information content (AvgIpc) is 3.19. The summed E-state index contributed by atoms with van der Waals surface area (Å²) in [7, 11) is 0. The van der Waals surface area contributed by atoms with Gasteiger partial charge in [0.15, 0.2) is 11.5 Å². The zero-order valence-electron chi connectivity index (χ0n) is 17.7. The fourth-order valence-corrected chi connectivity index (χ4v) is 3.37. The zero-order valence-corrected chi connectivity index (χ0v) is 19.3. The molecule has 0 radical (unpaired) electrons. The number of anilines is 1. The van der Waals surface area contributed by atoms with Crippen LogP contribution in [-0.4, -0.2) is 26.8 Å². The molecule has 30 heavy (non-hydrogen) atoms. The molecule has 1 heterocycles. The van der Waals surface area contributed by atoms with Crippen molar-refractivity contribution < 1.29 is 9.47 Å². The molecule has 3 rings (SSSR count). The second-order valence-electron chi connectivity index (χ2n) is 7.03. The Morgan fingerprint density at radius 2 is 1.83 bits per heavy atom. The maximum Gasteiger partial charge on any atom is 0.243 e. The van der Waals surface area contributed by atoms with Gasteiger partial charge in [0, 0.05) is 17.6 Å². The van der Waals surface area contributed by atoms with Gasteiger partial charge in [-0.3, -0.25) is 0 Å². The number of nitrogens with one attached hydrogen (secondary N) is 1. The van der Waals surface area contributed by atoms with Crippen LogP contribution in [0.5, 0.6) is 11.5 Å². The molecular weight excluding hydrogens is 446 g/mol. The van der Waals surface area contributed by atoms with Crippen LogP contribution in [0.1, 0.15) is 43.4 Å². The van der Waals surface area contributed by atoms with Crippen molar-refractivity contribution in [3.05, 3.63) is 57.6 Å². The Labute approximate surface area is 185 Å². The van der Waals surface area contributed by atoms with E-state index in [0.717, 1.165) is 40.7 Å². The summed E-state index contributed by atoms with van der Waals surface area (Å²) in [5.41, 5.74) is 3.38. The van der Waals surface area contributed by atoms with Crippen LogP contribution in [0, 0.1) is 6.92 Å². The number of aromatic nitrogens is 4. The molecule has 0 bridgehead atoms. The van der Waals surface area contributed by atoms with Gasteiger partial charge in [-0.2, -0.15) is 0 Å². The van der Waals surface area contributed by atoms with E-state index in [-0.39, 0.29) is 0 Å². The van der Waals surface area contributed by atoms with Crippen molar-refractivity contribution in [2.75, 3.05) is 11.9 Å². The molecule has 0 aliphatic carbocycles. The van der Waals surface area contributed by atoms with Gasteiger partial charge in [0.05, 0.1) is 6.61 Å². The molecule has 0 amide bonds. The van der Waals surface area contributed by atoms with Crippen LogP contribution in [-0.2, 0) is 19.7 Å². The Bertz CT molecular complexity index is 943. The first-order valence-corrected chi connectivity index (χ1v) is 11.0. The molecule has 3 aromatic rings. The van der Waals surface area contributed by atoms with E-state index in [1.165, 1.54) is 5.56 Å². The number of aryl methyl sites for hydroxylation is 2. The molecule has 0 atom stereocenters. The third kappa shape index (κ3) is 5.95. The lowest BCUT2D eigenvalue weighted by Crippen LogP contribution is -2.10. The molecule has 160 valence electrons. The second kappa shape index (κ2) is 11.0. The molecule has 0 saturated heterocycles. The first-order chi connectivity index (χ1) is 14.6. The monoisotopic (exact) mass is 473 g/mol. The van der Waals surface area contributed by atoms with Crippen molar-refractivity contribution in [1.29, 1.82) is 0 Å².